The standard InChI is InChI=1S/C15H22N2O4/c1-17(12-4-2-3-5-13(12)18)14(19)6-8-16-15(20)11-7-9-21-10-11/h7,9-10,12-13,18H,2-6,8H2,1H3,(H,16,20). The van der Waals surface area contributed by atoms with Gasteiger partial charge in [-0.2, -0.15) is 0 Å². The van der Waals surface area contributed by atoms with Crippen molar-refractivity contribution in [2.24, 2.45) is 0 Å². The second-order valence-corrected chi connectivity index (χ2v) is 5.44. The molecule has 2 amide bonds. The predicted octanol–water partition coefficient (Wildman–Crippen LogP) is 1.16. The molecule has 1 aromatic heterocycles. The summed E-state index contributed by atoms with van der Waals surface area (Å²) in [5, 5.41) is 12.6. The number of aliphatic hydroxyl groups is 1. The summed E-state index contributed by atoms with van der Waals surface area (Å²) in [6, 6.07) is 1.47. The van der Waals surface area contributed by atoms with Gasteiger partial charge in [0, 0.05) is 20.0 Å². The molecule has 2 unspecified atom stereocenters. The van der Waals surface area contributed by atoms with E-state index >= 15 is 0 Å². The van der Waals surface area contributed by atoms with Crippen molar-refractivity contribution in [3.05, 3.63) is 24.2 Å². The van der Waals surface area contributed by atoms with Gasteiger partial charge in [-0.1, -0.05) is 12.8 Å². The van der Waals surface area contributed by atoms with E-state index in [2.05, 4.69) is 5.32 Å². The average Bonchev–Trinajstić information content (AvgIpc) is 3.01. The fourth-order valence-electron chi connectivity index (χ4n) is 2.68. The van der Waals surface area contributed by atoms with Gasteiger partial charge in [0.1, 0.15) is 6.26 Å². The smallest absolute Gasteiger partial charge is 0.254 e. The van der Waals surface area contributed by atoms with Gasteiger partial charge in [-0.25, -0.2) is 0 Å². The zero-order valence-corrected chi connectivity index (χ0v) is 12.2. The van der Waals surface area contributed by atoms with Crippen LogP contribution in [0.25, 0.3) is 0 Å². The molecule has 2 N–H and O–H groups in total. The number of carbonyl (C=O) groups excluding carboxylic acids is 2. The van der Waals surface area contributed by atoms with E-state index in [0.29, 0.717) is 5.56 Å². The maximum Gasteiger partial charge on any atom is 0.254 e. The molecule has 0 aliphatic heterocycles. The molecular formula is C15H22N2O4. The normalized spacial score (nSPS) is 21.8. The van der Waals surface area contributed by atoms with Crippen LogP contribution in [0.1, 0.15) is 42.5 Å². The lowest BCUT2D eigenvalue weighted by Crippen LogP contribution is -2.46. The summed E-state index contributed by atoms with van der Waals surface area (Å²) >= 11 is 0. The molecular weight excluding hydrogens is 272 g/mol. The molecule has 21 heavy (non-hydrogen) atoms. The summed E-state index contributed by atoms with van der Waals surface area (Å²) in [7, 11) is 1.72. The lowest BCUT2D eigenvalue weighted by atomic mass is 9.91. The molecule has 0 aromatic carbocycles. The number of amides is 2. The zero-order chi connectivity index (χ0) is 15.2. The highest BCUT2D eigenvalue weighted by atomic mass is 16.3. The van der Waals surface area contributed by atoms with E-state index in [0.717, 1.165) is 25.7 Å². The lowest BCUT2D eigenvalue weighted by molar-refractivity contribution is -0.135. The van der Waals surface area contributed by atoms with Gasteiger partial charge in [-0.15, -0.1) is 0 Å². The van der Waals surface area contributed by atoms with Gasteiger partial charge in [-0.3, -0.25) is 9.59 Å². The molecule has 1 aliphatic carbocycles. The Labute approximate surface area is 124 Å². The number of rotatable bonds is 5. The summed E-state index contributed by atoms with van der Waals surface area (Å²) in [6.45, 7) is 0.274. The van der Waals surface area contributed by atoms with Crippen molar-refractivity contribution in [2.75, 3.05) is 13.6 Å². The van der Waals surface area contributed by atoms with Crippen LogP contribution in [0.2, 0.25) is 0 Å². The van der Waals surface area contributed by atoms with E-state index in [1.807, 2.05) is 0 Å². The van der Waals surface area contributed by atoms with Gasteiger partial charge in [0.05, 0.1) is 24.0 Å². The van der Waals surface area contributed by atoms with Crippen LogP contribution in [0.3, 0.4) is 0 Å². The first-order valence-electron chi connectivity index (χ1n) is 7.33. The van der Waals surface area contributed by atoms with E-state index in [-0.39, 0.29) is 30.8 Å². The summed E-state index contributed by atoms with van der Waals surface area (Å²) in [5.74, 6) is -0.314. The number of carbonyl (C=O) groups is 2. The summed E-state index contributed by atoms with van der Waals surface area (Å²) in [4.78, 5) is 25.4. The third-order valence-electron chi connectivity index (χ3n) is 3.99. The topological polar surface area (TPSA) is 82.8 Å². The molecule has 2 atom stereocenters. The summed E-state index contributed by atoms with van der Waals surface area (Å²) in [5.41, 5.74) is 0.443. The van der Waals surface area contributed by atoms with E-state index in [4.69, 9.17) is 4.42 Å². The Bertz CT molecular complexity index is 472. The monoisotopic (exact) mass is 294 g/mol. The van der Waals surface area contributed by atoms with Crippen molar-refractivity contribution in [1.82, 2.24) is 10.2 Å². The summed E-state index contributed by atoms with van der Waals surface area (Å²) in [6.07, 6.45) is 6.22. The van der Waals surface area contributed by atoms with Crippen molar-refractivity contribution in [3.63, 3.8) is 0 Å². The molecule has 1 heterocycles. The van der Waals surface area contributed by atoms with Crippen LogP contribution in [0.5, 0.6) is 0 Å². The molecule has 0 saturated heterocycles. The maximum absolute atomic E-state index is 12.1. The fraction of sp³-hybridized carbons (Fsp3) is 0.600. The zero-order valence-electron chi connectivity index (χ0n) is 12.2. The number of nitrogens with one attached hydrogen (secondary N) is 1. The van der Waals surface area contributed by atoms with Gasteiger partial charge in [0.25, 0.3) is 5.91 Å². The van der Waals surface area contributed by atoms with E-state index in [1.165, 1.54) is 12.5 Å². The van der Waals surface area contributed by atoms with Crippen LogP contribution in [-0.2, 0) is 4.79 Å². The highest BCUT2D eigenvalue weighted by Crippen LogP contribution is 2.22. The van der Waals surface area contributed by atoms with Crippen molar-refractivity contribution < 1.29 is 19.1 Å². The van der Waals surface area contributed by atoms with Gasteiger partial charge >= 0.3 is 0 Å². The van der Waals surface area contributed by atoms with Crippen LogP contribution < -0.4 is 5.32 Å². The van der Waals surface area contributed by atoms with Crippen LogP contribution in [-0.4, -0.2) is 47.6 Å². The van der Waals surface area contributed by atoms with Crippen LogP contribution in [0.15, 0.2) is 23.0 Å². The number of hydrogen-bond donors (Lipinski definition) is 2. The highest BCUT2D eigenvalue weighted by molar-refractivity contribution is 5.94. The molecule has 1 saturated carbocycles. The average molecular weight is 294 g/mol. The minimum Gasteiger partial charge on any atom is -0.472 e. The Balaban J connectivity index is 1.75. The molecule has 1 aliphatic rings. The predicted molar refractivity (Wildman–Crippen MR) is 76.7 cm³/mol. The first-order valence-corrected chi connectivity index (χ1v) is 7.33. The minimum absolute atomic E-state index is 0.0616. The molecule has 0 radical (unpaired) electrons. The summed E-state index contributed by atoms with van der Waals surface area (Å²) < 4.78 is 4.83. The van der Waals surface area contributed by atoms with Crippen molar-refractivity contribution >= 4 is 11.8 Å². The van der Waals surface area contributed by atoms with E-state index < -0.39 is 6.10 Å². The number of hydrogen-bond acceptors (Lipinski definition) is 4. The van der Waals surface area contributed by atoms with E-state index in [9.17, 15) is 14.7 Å². The van der Waals surface area contributed by atoms with Gasteiger partial charge in [0.15, 0.2) is 0 Å². The van der Waals surface area contributed by atoms with Crippen LogP contribution in [0.4, 0.5) is 0 Å². The minimum atomic E-state index is -0.437. The first-order chi connectivity index (χ1) is 10.1. The third-order valence-corrected chi connectivity index (χ3v) is 3.99. The Hall–Kier alpha value is -1.82. The van der Waals surface area contributed by atoms with Gasteiger partial charge in [-0.05, 0) is 18.9 Å². The van der Waals surface area contributed by atoms with Crippen molar-refractivity contribution in [2.45, 2.75) is 44.2 Å². The Morgan fingerprint density at radius 1 is 1.43 bits per heavy atom. The second kappa shape index (κ2) is 7.26. The Kier molecular flexibility index (Phi) is 5.38. The number of likely N-dealkylation sites (N-methyl/N-ethyl adjacent to an activating group) is 1. The van der Waals surface area contributed by atoms with Crippen molar-refractivity contribution in [3.8, 4) is 0 Å². The maximum atomic E-state index is 12.1. The van der Waals surface area contributed by atoms with E-state index in [1.54, 1.807) is 18.0 Å². The van der Waals surface area contributed by atoms with Crippen molar-refractivity contribution in [1.29, 1.82) is 0 Å². The molecule has 0 bridgehead atoms. The number of aliphatic hydroxyl groups excluding tert-OH is 1. The third kappa shape index (κ3) is 4.07. The Morgan fingerprint density at radius 3 is 2.86 bits per heavy atom. The lowest BCUT2D eigenvalue weighted by Gasteiger charge is -2.35. The SMILES string of the molecule is CN(C(=O)CCNC(=O)c1ccoc1)C1CCCCC1O. The molecule has 0 spiro atoms. The molecule has 116 valence electrons. The molecule has 1 aromatic rings. The van der Waals surface area contributed by atoms with Gasteiger partial charge in [0.2, 0.25) is 5.91 Å². The second-order valence-electron chi connectivity index (χ2n) is 5.44. The largest absolute Gasteiger partial charge is 0.472 e. The highest BCUT2D eigenvalue weighted by Gasteiger charge is 2.29. The molecule has 1 fully saturated rings. The quantitative estimate of drug-likeness (QED) is 0.853. The first kappa shape index (κ1) is 15.6. The Morgan fingerprint density at radius 2 is 2.19 bits per heavy atom. The fourth-order valence-corrected chi connectivity index (χ4v) is 2.68. The van der Waals surface area contributed by atoms with Crippen LogP contribution >= 0.6 is 0 Å². The van der Waals surface area contributed by atoms with Crippen LogP contribution in [0, 0.1) is 0 Å². The number of furan rings is 1. The van der Waals surface area contributed by atoms with Gasteiger partial charge < -0.3 is 19.7 Å². The number of nitrogens with zero attached hydrogens (tertiary/aromatic N) is 1. The molecule has 2 rings (SSSR count). The molecule has 6 heteroatoms. The molecule has 6 nitrogen and oxygen atoms in total.